The van der Waals surface area contributed by atoms with Gasteiger partial charge in [-0.2, -0.15) is 0 Å². The van der Waals surface area contributed by atoms with Crippen LogP contribution in [0.15, 0.2) is 36.4 Å². The molecule has 2 aliphatic rings. The van der Waals surface area contributed by atoms with Gasteiger partial charge in [0.2, 0.25) is 5.91 Å². The van der Waals surface area contributed by atoms with Crippen molar-refractivity contribution in [2.75, 3.05) is 12.4 Å². The highest BCUT2D eigenvalue weighted by molar-refractivity contribution is 6.16. The van der Waals surface area contributed by atoms with Gasteiger partial charge in [0, 0.05) is 49.1 Å². The van der Waals surface area contributed by atoms with Crippen LogP contribution in [0.25, 0.3) is 0 Å². The Morgan fingerprint density at radius 2 is 1.74 bits per heavy atom. The van der Waals surface area contributed by atoms with E-state index in [-0.39, 0.29) is 39.4 Å². The van der Waals surface area contributed by atoms with E-state index in [4.69, 9.17) is 0 Å². The van der Waals surface area contributed by atoms with Crippen molar-refractivity contribution in [3.8, 4) is 0 Å². The quantitative estimate of drug-likeness (QED) is 0.0637. The van der Waals surface area contributed by atoms with Crippen LogP contribution in [-0.2, 0) is 34.0 Å². The standard InChI is InChI=1S/C26H33B2FN4O14/c1-30-19(35)18(22(39,40)21(37,38)11-34)32-10-15-14(20(32)36)3-2-4-17(15)31-8-13-6-5-12(7-16(13)29)9-33-23(27,41)26(45,46)47-24(28,42)25(33,43)44/h2-7,11,18,31,37-46H,8-10,27-28H2,1H3,(H,30,35)/t18-,23?,24?/m1/s1. The summed E-state index contributed by atoms with van der Waals surface area (Å²) in [5, 5.41) is 108. The number of nitrogens with zero attached hydrogens (tertiary/aromatic N) is 2. The van der Waals surface area contributed by atoms with Crippen molar-refractivity contribution < 1.29 is 74.6 Å². The molecule has 2 aliphatic heterocycles. The first-order chi connectivity index (χ1) is 21.5. The van der Waals surface area contributed by atoms with Crippen molar-refractivity contribution in [1.82, 2.24) is 15.1 Å². The molecule has 2 aromatic carbocycles. The van der Waals surface area contributed by atoms with Gasteiger partial charge in [0.25, 0.3) is 23.4 Å². The molecule has 21 heteroatoms. The molecule has 2 aromatic rings. The third-order valence-corrected chi connectivity index (χ3v) is 8.30. The largest absolute Gasteiger partial charge is 0.381 e. The average molecular weight is 666 g/mol. The summed E-state index contributed by atoms with van der Waals surface area (Å²) < 4.78 is 19.7. The fraction of sp³-hybridized carbons (Fsp3) is 0.423. The number of hydrogen-bond donors (Lipinski definition) is 12. The molecule has 0 aromatic heterocycles. The molecule has 0 aliphatic carbocycles. The Morgan fingerprint density at radius 3 is 2.32 bits per heavy atom. The number of morpholine rings is 1. The van der Waals surface area contributed by atoms with Crippen LogP contribution in [0.5, 0.6) is 0 Å². The Kier molecular flexibility index (Phi) is 9.14. The van der Waals surface area contributed by atoms with E-state index in [1.54, 1.807) is 0 Å². The van der Waals surface area contributed by atoms with Crippen molar-refractivity contribution in [3.05, 3.63) is 64.5 Å². The number of ether oxygens (including phenoxy) is 1. The zero-order valence-corrected chi connectivity index (χ0v) is 25.1. The lowest BCUT2D eigenvalue weighted by molar-refractivity contribution is -0.560. The van der Waals surface area contributed by atoms with Crippen molar-refractivity contribution in [3.63, 3.8) is 0 Å². The number of hydrogen-bond acceptors (Lipinski definition) is 16. The van der Waals surface area contributed by atoms with Crippen molar-refractivity contribution >= 4 is 39.5 Å². The van der Waals surface area contributed by atoms with Gasteiger partial charge in [-0.1, -0.05) is 18.2 Å². The molecule has 0 saturated carbocycles. The number of halogens is 1. The summed E-state index contributed by atoms with van der Waals surface area (Å²) in [6, 6.07) is 5.38. The third-order valence-electron chi connectivity index (χ3n) is 8.30. The van der Waals surface area contributed by atoms with Crippen LogP contribution in [0, 0.1) is 5.82 Å². The molecule has 2 amide bonds. The summed E-state index contributed by atoms with van der Waals surface area (Å²) >= 11 is 0. The fourth-order valence-electron chi connectivity index (χ4n) is 5.34. The number of amides is 2. The maximum absolute atomic E-state index is 15.2. The van der Waals surface area contributed by atoms with E-state index in [0.717, 1.165) is 21.0 Å². The number of nitrogens with one attached hydrogen (secondary N) is 2. The van der Waals surface area contributed by atoms with Gasteiger partial charge in [-0.3, -0.25) is 19.1 Å². The third kappa shape index (κ3) is 5.90. The number of carbonyl (C=O) groups is 3. The molecule has 1 saturated heterocycles. The highest BCUT2D eigenvalue weighted by atomic mass is 19.1. The number of anilines is 1. The molecular formula is C26H33B2FN4O14. The maximum Gasteiger partial charge on any atom is 0.315 e. The Hall–Kier alpha value is -3.57. The Balaban J connectivity index is 1.57. The topological polar surface area (TPSA) is 293 Å². The summed E-state index contributed by atoms with van der Waals surface area (Å²) in [7, 11) is 2.53. The molecule has 0 spiro atoms. The monoisotopic (exact) mass is 666 g/mol. The maximum atomic E-state index is 15.2. The number of fused-ring (bicyclic) bond motifs is 1. The molecule has 1 fully saturated rings. The lowest BCUT2D eigenvalue weighted by atomic mass is 9.78. The molecular weight excluding hydrogens is 633 g/mol. The van der Waals surface area contributed by atoms with Crippen LogP contribution in [-0.4, -0.2) is 143 Å². The van der Waals surface area contributed by atoms with Crippen LogP contribution in [0.1, 0.15) is 27.0 Å². The smallest absolute Gasteiger partial charge is 0.315 e. The predicted molar refractivity (Wildman–Crippen MR) is 156 cm³/mol. The van der Waals surface area contributed by atoms with Gasteiger partial charge in [0.05, 0.1) is 0 Å². The summed E-state index contributed by atoms with van der Waals surface area (Å²) in [5.41, 5.74) is -5.56. The molecule has 0 bridgehead atoms. The normalized spacial score (nSPS) is 24.9. The first-order valence-corrected chi connectivity index (χ1v) is 13.8. The second-order valence-electron chi connectivity index (χ2n) is 11.6. The van der Waals surface area contributed by atoms with Crippen LogP contribution in [0.4, 0.5) is 10.1 Å². The van der Waals surface area contributed by atoms with Gasteiger partial charge < -0.3 is 66.6 Å². The molecule has 2 heterocycles. The zero-order valence-electron chi connectivity index (χ0n) is 25.1. The van der Waals surface area contributed by atoms with Crippen LogP contribution in [0.2, 0.25) is 0 Å². The van der Waals surface area contributed by atoms with E-state index in [1.807, 2.05) is 0 Å². The lowest BCUT2D eigenvalue weighted by Gasteiger charge is -2.58. The number of aldehydes is 1. The first-order valence-electron chi connectivity index (χ1n) is 13.8. The Labute approximate surface area is 266 Å². The van der Waals surface area contributed by atoms with Gasteiger partial charge in [-0.05, 0) is 23.8 Å². The highest BCUT2D eigenvalue weighted by Crippen LogP contribution is 2.42. The summed E-state index contributed by atoms with van der Waals surface area (Å²) in [5.74, 6) is -17.6. The first kappa shape index (κ1) is 36.3. The van der Waals surface area contributed by atoms with E-state index < -0.39 is 77.8 Å². The van der Waals surface area contributed by atoms with Crippen molar-refractivity contribution in [1.29, 1.82) is 0 Å². The minimum atomic E-state index is -3.85. The minimum absolute atomic E-state index is 0.0229. The number of benzene rings is 2. The van der Waals surface area contributed by atoms with Crippen molar-refractivity contribution in [2.45, 2.75) is 60.4 Å². The molecule has 0 radical (unpaired) electrons. The second kappa shape index (κ2) is 11.8. The summed E-state index contributed by atoms with van der Waals surface area (Å²) in [6.07, 6.45) is -0.618. The van der Waals surface area contributed by atoms with E-state index in [0.29, 0.717) is 12.7 Å². The van der Waals surface area contributed by atoms with Crippen LogP contribution >= 0.6 is 0 Å². The Bertz CT molecular complexity index is 1560. The van der Waals surface area contributed by atoms with E-state index >= 15 is 4.39 Å². The van der Waals surface area contributed by atoms with Crippen LogP contribution in [0.3, 0.4) is 0 Å². The van der Waals surface area contributed by atoms with E-state index in [1.165, 1.54) is 30.3 Å². The number of likely N-dealkylation sites (N-methyl/N-ethyl adjacent to an activating group) is 1. The average Bonchev–Trinajstić information content (AvgIpc) is 3.29. The SMILES string of the molecule is BC1(O)OC(O)(O)C(B)(O)N(Cc2ccc(CNc3cccc4c3CN([C@H](C(=O)NC)C(O)(O)C(O)(O)C=O)C4=O)c(F)c2)C1(O)O. The molecule has 12 N–H and O–H groups in total. The number of rotatable bonds is 10. The summed E-state index contributed by atoms with van der Waals surface area (Å²) in [6.45, 7) is -1.46. The van der Waals surface area contributed by atoms with Crippen LogP contribution < -0.4 is 10.6 Å². The molecule has 254 valence electrons. The van der Waals surface area contributed by atoms with Gasteiger partial charge in [0.15, 0.2) is 39.3 Å². The highest BCUT2D eigenvalue weighted by Gasteiger charge is 2.69. The Morgan fingerprint density at radius 1 is 1.11 bits per heavy atom. The summed E-state index contributed by atoms with van der Waals surface area (Å²) in [4.78, 5) is 37.9. The molecule has 4 rings (SSSR count). The molecule has 47 heavy (non-hydrogen) atoms. The molecule has 2 unspecified atom stereocenters. The van der Waals surface area contributed by atoms with Gasteiger partial charge in [-0.25, -0.2) is 9.29 Å². The van der Waals surface area contributed by atoms with E-state index in [9.17, 15) is 65.4 Å². The van der Waals surface area contributed by atoms with Gasteiger partial charge in [0.1, 0.15) is 5.82 Å². The molecule has 18 nitrogen and oxygen atoms in total. The van der Waals surface area contributed by atoms with Crippen molar-refractivity contribution in [2.24, 2.45) is 0 Å². The van der Waals surface area contributed by atoms with E-state index in [2.05, 4.69) is 15.4 Å². The second-order valence-corrected chi connectivity index (χ2v) is 11.6. The number of carbonyl (C=O) groups excluding carboxylic acids is 3. The lowest BCUT2D eigenvalue weighted by Crippen LogP contribution is -2.84. The molecule has 3 atom stereocenters. The minimum Gasteiger partial charge on any atom is -0.381 e. The zero-order chi connectivity index (χ0) is 35.5. The fourth-order valence-corrected chi connectivity index (χ4v) is 5.34. The van der Waals surface area contributed by atoms with Gasteiger partial charge in [-0.15, -0.1) is 0 Å². The number of aliphatic hydroxyl groups is 10. The van der Waals surface area contributed by atoms with Gasteiger partial charge >= 0.3 is 5.97 Å². The predicted octanol–water partition coefficient (Wildman–Crippen LogP) is -7.26.